The lowest BCUT2D eigenvalue weighted by Crippen LogP contribution is -2.67. The van der Waals surface area contributed by atoms with Gasteiger partial charge in [-0.25, -0.2) is 0 Å². The van der Waals surface area contributed by atoms with Crippen LogP contribution in [-0.2, 0) is 14.4 Å². The minimum Gasteiger partial charge on any atom is -0.318 e. The first-order valence-electron chi connectivity index (χ1n) is 7.81. The molecule has 0 bridgehead atoms. The average molecular weight is 293 g/mol. The number of imide groups is 1. The number of nitrogens with one attached hydrogen (secondary N) is 2. The van der Waals surface area contributed by atoms with Gasteiger partial charge >= 0.3 is 0 Å². The van der Waals surface area contributed by atoms with Gasteiger partial charge in [-0.1, -0.05) is 12.8 Å². The van der Waals surface area contributed by atoms with Gasteiger partial charge in [-0.15, -0.1) is 0 Å². The van der Waals surface area contributed by atoms with Gasteiger partial charge in [0.25, 0.3) is 5.91 Å². The van der Waals surface area contributed by atoms with Crippen LogP contribution in [0.15, 0.2) is 0 Å². The minimum absolute atomic E-state index is 0.0366. The highest BCUT2D eigenvalue weighted by Gasteiger charge is 2.47. The molecule has 3 atom stereocenters. The number of hydrogen-bond acceptors (Lipinski definition) is 4. The molecule has 6 heteroatoms. The third-order valence-electron chi connectivity index (χ3n) is 5.21. The van der Waals surface area contributed by atoms with E-state index in [1.165, 1.54) is 24.2 Å². The average Bonchev–Trinajstić information content (AvgIpc) is 2.86. The molecule has 3 aliphatic rings. The molecular formula is C15H23N3O3. The van der Waals surface area contributed by atoms with Gasteiger partial charge in [0, 0.05) is 6.04 Å². The highest BCUT2D eigenvalue weighted by molar-refractivity contribution is 6.06. The highest BCUT2D eigenvalue weighted by Crippen LogP contribution is 2.34. The lowest BCUT2D eigenvalue weighted by Gasteiger charge is -2.41. The zero-order valence-corrected chi connectivity index (χ0v) is 12.6. The standard InChI is InChI=1S/C15H23N3O3/c1-15(2)14(21)17-12(19)8-18(15)13(20)11-7-9-5-3-4-6-10(9)16-11/h9-11,16H,3-8H2,1-2H3,(H,17,19,21). The zero-order chi connectivity index (χ0) is 15.2. The molecule has 0 aromatic rings. The van der Waals surface area contributed by atoms with Crippen molar-refractivity contribution in [1.82, 2.24) is 15.5 Å². The molecule has 0 aromatic heterocycles. The Balaban J connectivity index is 1.75. The summed E-state index contributed by atoms with van der Waals surface area (Å²) >= 11 is 0. The molecule has 0 aromatic carbocycles. The molecule has 2 saturated heterocycles. The number of carbonyl (C=O) groups is 3. The Morgan fingerprint density at radius 1 is 1.24 bits per heavy atom. The smallest absolute Gasteiger partial charge is 0.252 e. The molecule has 1 aliphatic carbocycles. The quantitative estimate of drug-likeness (QED) is 0.676. The first-order chi connectivity index (χ1) is 9.89. The summed E-state index contributed by atoms with van der Waals surface area (Å²) < 4.78 is 0. The summed E-state index contributed by atoms with van der Waals surface area (Å²) in [6, 6.07) is 0.168. The number of amides is 3. The van der Waals surface area contributed by atoms with E-state index in [4.69, 9.17) is 0 Å². The van der Waals surface area contributed by atoms with E-state index in [2.05, 4.69) is 10.6 Å². The fourth-order valence-electron chi connectivity index (χ4n) is 3.83. The second-order valence-corrected chi connectivity index (χ2v) is 6.97. The summed E-state index contributed by atoms with van der Waals surface area (Å²) in [4.78, 5) is 37.8. The van der Waals surface area contributed by atoms with Crippen LogP contribution in [0.1, 0.15) is 46.0 Å². The van der Waals surface area contributed by atoms with Crippen molar-refractivity contribution >= 4 is 17.7 Å². The SMILES string of the molecule is CC1(C)C(=O)NC(=O)CN1C(=O)C1CC2CCCCC2N1. The molecule has 0 spiro atoms. The predicted molar refractivity (Wildman–Crippen MR) is 76.2 cm³/mol. The van der Waals surface area contributed by atoms with E-state index in [0.717, 1.165) is 12.8 Å². The highest BCUT2D eigenvalue weighted by atomic mass is 16.2. The lowest BCUT2D eigenvalue weighted by atomic mass is 9.85. The Morgan fingerprint density at radius 3 is 2.67 bits per heavy atom. The van der Waals surface area contributed by atoms with Crippen molar-refractivity contribution in [2.24, 2.45) is 5.92 Å². The molecule has 2 N–H and O–H groups in total. The van der Waals surface area contributed by atoms with Crippen molar-refractivity contribution < 1.29 is 14.4 Å². The third kappa shape index (κ3) is 2.46. The minimum atomic E-state index is -0.972. The first kappa shape index (κ1) is 14.5. The number of fused-ring (bicyclic) bond motifs is 1. The maximum Gasteiger partial charge on any atom is 0.252 e. The Bertz CT molecular complexity index is 475. The molecule has 6 nitrogen and oxygen atoms in total. The van der Waals surface area contributed by atoms with E-state index >= 15 is 0 Å². The van der Waals surface area contributed by atoms with Crippen molar-refractivity contribution in [2.45, 2.75) is 63.6 Å². The van der Waals surface area contributed by atoms with Gasteiger partial charge in [0.05, 0.1) is 6.04 Å². The maximum atomic E-state index is 12.8. The molecule has 3 amide bonds. The second-order valence-electron chi connectivity index (χ2n) is 6.97. The van der Waals surface area contributed by atoms with Crippen LogP contribution in [-0.4, -0.2) is 46.8 Å². The molecule has 116 valence electrons. The lowest BCUT2D eigenvalue weighted by molar-refractivity contribution is -0.156. The summed E-state index contributed by atoms with van der Waals surface area (Å²) in [5.41, 5.74) is -0.972. The molecule has 1 saturated carbocycles. The number of piperazine rings is 1. The van der Waals surface area contributed by atoms with Crippen LogP contribution in [0.3, 0.4) is 0 Å². The van der Waals surface area contributed by atoms with Crippen molar-refractivity contribution in [3.8, 4) is 0 Å². The monoisotopic (exact) mass is 293 g/mol. The fraction of sp³-hybridized carbons (Fsp3) is 0.800. The Labute approximate surface area is 124 Å². The molecule has 0 radical (unpaired) electrons. The Morgan fingerprint density at radius 2 is 1.95 bits per heavy atom. The van der Waals surface area contributed by atoms with Gasteiger partial charge in [-0.2, -0.15) is 0 Å². The van der Waals surface area contributed by atoms with Crippen LogP contribution in [0, 0.1) is 5.92 Å². The molecule has 3 fully saturated rings. The number of rotatable bonds is 1. The van der Waals surface area contributed by atoms with Crippen LogP contribution in [0.2, 0.25) is 0 Å². The van der Waals surface area contributed by atoms with Crippen LogP contribution in [0.25, 0.3) is 0 Å². The maximum absolute atomic E-state index is 12.8. The van der Waals surface area contributed by atoms with E-state index in [1.807, 2.05) is 0 Å². The predicted octanol–water partition coefficient (Wildman–Crippen LogP) is 0.171. The van der Waals surface area contributed by atoms with E-state index in [9.17, 15) is 14.4 Å². The van der Waals surface area contributed by atoms with E-state index in [0.29, 0.717) is 12.0 Å². The zero-order valence-electron chi connectivity index (χ0n) is 12.6. The molecule has 2 heterocycles. The van der Waals surface area contributed by atoms with Gasteiger partial charge < -0.3 is 10.2 Å². The van der Waals surface area contributed by atoms with Crippen LogP contribution in [0.4, 0.5) is 0 Å². The Kier molecular flexibility index (Phi) is 3.51. The van der Waals surface area contributed by atoms with Crippen LogP contribution >= 0.6 is 0 Å². The van der Waals surface area contributed by atoms with Gasteiger partial charge in [-0.3, -0.25) is 19.7 Å². The number of hydrogen-bond donors (Lipinski definition) is 2. The summed E-state index contributed by atoms with van der Waals surface area (Å²) in [6.07, 6.45) is 5.57. The van der Waals surface area contributed by atoms with Gasteiger partial charge in [0.15, 0.2) is 0 Å². The summed E-state index contributed by atoms with van der Waals surface area (Å²) in [5, 5.41) is 5.73. The molecule has 3 rings (SSSR count). The molecule has 21 heavy (non-hydrogen) atoms. The topological polar surface area (TPSA) is 78.5 Å². The van der Waals surface area contributed by atoms with Crippen molar-refractivity contribution in [3.05, 3.63) is 0 Å². The summed E-state index contributed by atoms with van der Waals surface area (Å²) in [6.45, 7) is 3.34. The van der Waals surface area contributed by atoms with Gasteiger partial charge in [0.1, 0.15) is 12.1 Å². The largest absolute Gasteiger partial charge is 0.318 e. The van der Waals surface area contributed by atoms with E-state index in [-0.39, 0.29) is 18.5 Å². The summed E-state index contributed by atoms with van der Waals surface area (Å²) in [5.74, 6) is -0.353. The number of nitrogens with zero attached hydrogens (tertiary/aromatic N) is 1. The van der Waals surface area contributed by atoms with Crippen molar-refractivity contribution in [2.75, 3.05) is 6.54 Å². The third-order valence-corrected chi connectivity index (χ3v) is 5.21. The fourth-order valence-corrected chi connectivity index (χ4v) is 3.83. The molecule has 2 aliphatic heterocycles. The number of carbonyl (C=O) groups excluding carboxylic acids is 3. The molecule has 3 unspecified atom stereocenters. The Hall–Kier alpha value is -1.43. The van der Waals surface area contributed by atoms with Gasteiger partial charge in [-0.05, 0) is 39.0 Å². The van der Waals surface area contributed by atoms with Crippen molar-refractivity contribution in [3.63, 3.8) is 0 Å². The van der Waals surface area contributed by atoms with Gasteiger partial charge in [0.2, 0.25) is 11.8 Å². The van der Waals surface area contributed by atoms with Crippen LogP contribution < -0.4 is 10.6 Å². The van der Waals surface area contributed by atoms with Crippen molar-refractivity contribution in [1.29, 1.82) is 0 Å². The second kappa shape index (κ2) is 5.09. The first-order valence-corrected chi connectivity index (χ1v) is 7.81. The van der Waals surface area contributed by atoms with E-state index in [1.54, 1.807) is 13.8 Å². The summed E-state index contributed by atoms with van der Waals surface area (Å²) in [7, 11) is 0. The van der Waals surface area contributed by atoms with E-state index < -0.39 is 17.4 Å². The van der Waals surface area contributed by atoms with Crippen LogP contribution in [0.5, 0.6) is 0 Å². The normalized spacial score (nSPS) is 35.3. The molecular weight excluding hydrogens is 270 g/mol.